The van der Waals surface area contributed by atoms with Crippen molar-refractivity contribution >= 4 is 29.9 Å². The Hall–Kier alpha value is -1.84. The molecule has 1 saturated heterocycles. The van der Waals surface area contributed by atoms with Crippen LogP contribution >= 0.6 is 24.0 Å². The van der Waals surface area contributed by atoms with Crippen molar-refractivity contribution in [3.05, 3.63) is 65.2 Å². The number of aryl methyl sites for hydroxylation is 1. The molecule has 7 heteroatoms. The Morgan fingerprint density at radius 3 is 2.67 bits per heavy atom. The zero-order valence-electron chi connectivity index (χ0n) is 17.9. The van der Waals surface area contributed by atoms with Gasteiger partial charge >= 0.3 is 0 Å². The highest BCUT2D eigenvalue weighted by atomic mass is 127. The Kier molecular flexibility index (Phi) is 10.4. The van der Waals surface area contributed by atoms with Crippen LogP contribution in [0.1, 0.15) is 29.2 Å². The van der Waals surface area contributed by atoms with E-state index in [0.717, 1.165) is 35.9 Å². The second-order valence-corrected chi connectivity index (χ2v) is 7.16. The summed E-state index contributed by atoms with van der Waals surface area (Å²) in [5, 5.41) is 6.72. The van der Waals surface area contributed by atoms with Crippen LogP contribution in [0, 0.1) is 6.92 Å². The first-order valence-corrected chi connectivity index (χ1v) is 10.1. The molecule has 2 atom stereocenters. The van der Waals surface area contributed by atoms with Gasteiger partial charge in [-0.15, -0.1) is 24.0 Å². The van der Waals surface area contributed by atoms with Crippen molar-refractivity contribution in [1.82, 2.24) is 10.6 Å². The van der Waals surface area contributed by atoms with Crippen molar-refractivity contribution in [3.63, 3.8) is 0 Å². The number of halogens is 1. The second-order valence-electron chi connectivity index (χ2n) is 7.16. The average molecular weight is 525 g/mol. The summed E-state index contributed by atoms with van der Waals surface area (Å²) in [6.45, 7) is 4.73. The van der Waals surface area contributed by atoms with E-state index in [1.165, 1.54) is 5.56 Å². The molecule has 1 heterocycles. The van der Waals surface area contributed by atoms with Crippen LogP contribution in [0.4, 0.5) is 0 Å². The van der Waals surface area contributed by atoms with E-state index in [4.69, 9.17) is 14.2 Å². The fourth-order valence-electron chi connectivity index (χ4n) is 3.30. The molecule has 6 nitrogen and oxygen atoms in total. The first-order chi connectivity index (χ1) is 14.2. The first-order valence-electron chi connectivity index (χ1n) is 10.1. The smallest absolute Gasteiger partial charge is 0.191 e. The van der Waals surface area contributed by atoms with Crippen molar-refractivity contribution in [2.45, 2.75) is 32.1 Å². The summed E-state index contributed by atoms with van der Waals surface area (Å²) in [7, 11) is 3.49. The molecule has 1 aliphatic rings. The van der Waals surface area contributed by atoms with Crippen LogP contribution in [0.5, 0.6) is 5.75 Å². The summed E-state index contributed by atoms with van der Waals surface area (Å²) < 4.78 is 17.2. The molecule has 2 N–H and O–H groups in total. The first kappa shape index (κ1) is 24.4. The molecule has 3 rings (SSSR count). The summed E-state index contributed by atoms with van der Waals surface area (Å²) >= 11 is 0. The molecular formula is C23H32IN3O3. The lowest BCUT2D eigenvalue weighted by Gasteiger charge is -2.20. The standard InChI is InChI=1S/C23H31N3O3.HI/c1-17-9-10-19(21(13-17)29-20-11-12-28-16-20)14-25-23(24-2)26-15-22(27-3)18-7-5-4-6-8-18;/h4-10,13,20,22H,11-12,14-16H2,1-3H3,(H2,24,25,26);1H. The van der Waals surface area contributed by atoms with Gasteiger partial charge in [-0.3, -0.25) is 4.99 Å². The van der Waals surface area contributed by atoms with Crippen LogP contribution in [0.15, 0.2) is 53.5 Å². The van der Waals surface area contributed by atoms with Gasteiger partial charge in [-0.2, -0.15) is 0 Å². The predicted octanol–water partition coefficient (Wildman–Crippen LogP) is 3.83. The van der Waals surface area contributed by atoms with E-state index >= 15 is 0 Å². The third kappa shape index (κ3) is 7.14. The van der Waals surface area contributed by atoms with Crippen LogP contribution in [0.2, 0.25) is 0 Å². The zero-order chi connectivity index (χ0) is 20.5. The van der Waals surface area contributed by atoms with Crippen molar-refractivity contribution in [2.75, 3.05) is 33.9 Å². The molecule has 1 aliphatic heterocycles. The molecule has 0 saturated carbocycles. The summed E-state index contributed by atoms with van der Waals surface area (Å²) in [5.41, 5.74) is 3.40. The van der Waals surface area contributed by atoms with E-state index < -0.39 is 0 Å². The van der Waals surface area contributed by atoms with E-state index in [1.54, 1.807) is 14.2 Å². The number of hydrogen-bond donors (Lipinski definition) is 2. The maximum atomic E-state index is 6.18. The summed E-state index contributed by atoms with van der Waals surface area (Å²) in [6, 6.07) is 16.4. The van der Waals surface area contributed by atoms with Crippen LogP contribution < -0.4 is 15.4 Å². The Morgan fingerprint density at radius 1 is 1.20 bits per heavy atom. The quantitative estimate of drug-likeness (QED) is 0.312. The van der Waals surface area contributed by atoms with Gasteiger partial charge in [0.25, 0.3) is 0 Å². The Balaban J connectivity index is 0.00000320. The Bertz CT molecular complexity index is 796. The highest BCUT2D eigenvalue weighted by molar-refractivity contribution is 14.0. The molecule has 2 unspecified atom stereocenters. The molecule has 30 heavy (non-hydrogen) atoms. The van der Waals surface area contributed by atoms with E-state index in [2.05, 4.69) is 52.9 Å². The van der Waals surface area contributed by atoms with Gasteiger partial charge in [0.05, 0.1) is 19.3 Å². The number of aliphatic imine (C=N–C) groups is 1. The fraction of sp³-hybridized carbons (Fsp3) is 0.435. The van der Waals surface area contributed by atoms with Gasteiger partial charge in [0, 0.05) is 39.2 Å². The van der Waals surface area contributed by atoms with Crippen molar-refractivity contribution < 1.29 is 14.2 Å². The summed E-state index contributed by atoms with van der Waals surface area (Å²) in [4.78, 5) is 4.33. The molecule has 0 bridgehead atoms. The molecule has 0 aliphatic carbocycles. The van der Waals surface area contributed by atoms with Crippen LogP contribution in [-0.2, 0) is 16.0 Å². The summed E-state index contributed by atoms with van der Waals surface area (Å²) in [5.74, 6) is 1.63. The number of hydrogen-bond acceptors (Lipinski definition) is 4. The topological polar surface area (TPSA) is 64.1 Å². The lowest BCUT2D eigenvalue weighted by molar-refractivity contribution is 0.106. The SMILES string of the molecule is CN=C(NCc1ccc(C)cc1OC1CCOC1)NCC(OC)c1ccccc1.I. The monoisotopic (exact) mass is 525 g/mol. The fourth-order valence-corrected chi connectivity index (χ4v) is 3.30. The molecular weight excluding hydrogens is 493 g/mol. The molecule has 2 aromatic carbocycles. The van der Waals surface area contributed by atoms with Gasteiger partial charge in [-0.1, -0.05) is 42.5 Å². The largest absolute Gasteiger partial charge is 0.488 e. The van der Waals surface area contributed by atoms with E-state index in [-0.39, 0.29) is 36.2 Å². The minimum absolute atomic E-state index is 0. The van der Waals surface area contributed by atoms with E-state index in [1.807, 2.05) is 18.2 Å². The highest BCUT2D eigenvalue weighted by Crippen LogP contribution is 2.24. The third-order valence-corrected chi connectivity index (χ3v) is 4.98. The predicted molar refractivity (Wildman–Crippen MR) is 131 cm³/mol. The van der Waals surface area contributed by atoms with Gasteiger partial charge in [-0.05, 0) is 24.1 Å². The van der Waals surface area contributed by atoms with Crippen LogP contribution in [0.3, 0.4) is 0 Å². The average Bonchev–Trinajstić information content (AvgIpc) is 3.25. The number of ether oxygens (including phenoxy) is 3. The molecule has 0 spiro atoms. The number of benzene rings is 2. The molecule has 0 aromatic heterocycles. The number of nitrogens with zero attached hydrogens (tertiary/aromatic N) is 1. The van der Waals surface area contributed by atoms with Crippen LogP contribution in [0.25, 0.3) is 0 Å². The zero-order valence-corrected chi connectivity index (χ0v) is 20.2. The van der Waals surface area contributed by atoms with Crippen LogP contribution in [-0.4, -0.2) is 46.0 Å². The maximum Gasteiger partial charge on any atom is 0.191 e. The van der Waals surface area contributed by atoms with Gasteiger partial charge in [0.1, 0.15) is 11.9 Å². The molecule has 1 fully saturated rings. The molecule has 164 valence electrons. The Labute approximate surface area is 196 Å². The normalized spacial score (nSPS) is 17.2. The van der Waals surface area contributed by atoms with Gasteiger partial charge in [0.2, 0.25) is 0 Å². The molecule has 0 radical (unpaired) electrons. The lowest BCUT2D eigenvalue weighted by Crippen LogP contribution is -2.39. The van der Waals surface area contributed by atoms with Crippen molar-refractivity contribution in [2.24, 2.45) is 4.99 Å². The number of methoxy groups -OCH3 is 1. The van der Waals surface area contributed by atoms with Gasteiger partial charge < -0.3 is 24.8 Å². The maximum absolute atomic E-state index is 6.18. The van der Waals surface area contributed by atoms with Gasteiger partial charge in [0.15, 0.2) is 5.96 Å². The Morgan fingerprint density at radius 2 is 2.00 bits per heavy atom. The van der Waals surface area contributed by atoms with Crippen molar-refractivity contribution in [1.29, 1.82) is 0 Å². The van der Waals surface area contributed by atoms with Gasteiger partial charge in [-0.25, -0.2) is 0 Å². The molecule has 2 aromatic rings. The third-order valence-electron chi connectivity index (χ3n) is 4.98. The van der Waals surface area contributed by atoms with E-state index in [9.17, 15) is 0 Å². The number of nitrogens with one attached hydrogen (secondary N) is 2. The van der Waals surface area contributed by atoms with E-state index in [0.29, 0.717) is 19.7 Å². The van der Waals surface area contributed by atoms with Crippen molar-refractivity contribution in [3.8, 4) is 5.75 Å². The lowest BCUT2D eigenvalue weighted by atomic mass is 10.1. The number of guanidine groups is 1. The second kappa shape index (κ2) is 12.8. The molecule has 0 amide bonds. The highest BCUT2D eigenvalue weighted by Gasteiger charge is 2.19. The minimum Gasteiger partial charge on any atom is -0.488 e. The number of rotatable bonds is 8. The summed E-state index contributed by atoms with van der Waals surface area (Å²) in [6.07, 6.45) is 1.01. The minimum atomic E-state index is -0.0459.